The van der Waals surface area contributed by atoms with Crippen molar-refractivity contribution in [2.45, 2.75) is 18.6 Å². The van der Waals surface area contributed by atoms with Crippen molar-refractivity contribution in [3.05, 3.63) is 47.5 Å². The molecule has 2 N–H and O–H groups in total. The summed E-state index contributed by atoms with van der Waals surface area (Å²) < 4.78 is 15.9. The van der Waals surface area contributed by atoms with Crippen LogP contribution in [0.4, 0.5) is 5.69 Å². The van der Waals surface area contributed by atoms with E-state index < -0.39 is 5.25 Å². The van der Waals surface area contributed by atoms with Gasteiger partial charge in [-0.05, 0) is 31.2 Å². The highest BCUT2D eigenvalue weighted by Crippen LogP contribution is 2.37. The van der Waals surface area contributed by atoms with E-state index >= 15 is 0 Å². The average Bonchev–Trinajstić information content (AvgIpc) is 3.13. The molecule has 0 aliphatic carbocycles. The third-order valence-electron chi connectivity index (χ3n) is 4.52. The summed E-state index contributed by atoms with van der Waals surface area (Å²) >= 11 is 1.16. The number of carbonyl (C=O) groups is 2. The summed E-state index contributed by atoms with van der Waals surface area (Å²) in [6.45, 7) is 1.97. The molecule has 1 aliphatic rings. The van der Waals surface area contributed by atoms with Gasteiger partial charge in [-0.2, -0.15) is 5.10 Å². The Balaban J connectivity index is 1.62. The Bertz CT molecular complexity index is 1030. The van der Waals surface area contributed by atoms with E-state index in [1.807, 2.05) is 31.2 Å². The second kappa shape index (κ2) is 10.7. The van der Waals surface area contributed by atoms with E-state index in [0.29, 0.717) is 33.7 Å². The van der Waals surface area contributed by atoms with Gasteiger partial charge in [0.2, 0.25) is 17.6 Å². The molecule has 1 aliphatic heterocycles. The van der Waals surface area contributed by atoms with Gasteiger partial charge in [0, 0.05) is 17.7 Å². The minimum atomic E-state index is -0.574. The topological polar surface area (TPSA) is 111 Å². The van der Waals surface area contributed by atoms with Gasteiger partial charge in [0.05, 0.1) is 27.5 Å². The number of amides is 2. The Hall–Kier alpha value is -3.53. The Morgan fingerprint density at radius 3 is 2.38 bits per heavy atom. The molecule has 1 fully saturated rings. The molecule has 1 saturated heterocycles. The Labute approximate surface area is 190 Å². The number of nitrogens with zero attached hydrogens (tertiary/aromatic N) is 2. The van der Waals surface area contributed by atoms with Gasteiger partial charge in [-0.15, -0.1) is 5.10 Å². The maximum absolute atomic E-state index is 12.3. The quantitative estimate of drug-likeness (QED) is 0.467. The van der Waals surface area contributed by atoms with Gasteiger partial charge < -0.3 is 24.8 Å². The van der Waals surface area contributed by atoms with E-state index in [1.54, 1.807) is 12.1 Å². The normalized spacial score (nSPS) is 16.8. The molecule has 2 aromatic rings. The number of nitrogens with one attached hydrogen (secondary N) is 2. The van der Waals surface area contributed by atoms with Crippen LogP contribution in [0.3, 0.4) is 0 Å². The summed E-state index contributed by atoms with van der Waals surface area (Å²) in [6, 6.07) is 10.9. The highest BCUT2D eigenvalue weighted by molar-refractivity contribution is 8.15. The number of carbonyl (C=O) groups excluding carboxylic acids is 2. The molecule has 2 amide bonds. The molecule has 0 unspecified atom stereocenters. The molecule has 9 nitrogen and oxygen atoms in total. The van der Waals surface area contributed by atoms with Crippen molar-refractivity contribution in [3.63, 3.8) is 0 Å². The molecule has 32 heavy (non-hydrogen) atoms. The lowest BCUT2D eigenvalue weighted by Gasteiger charge is -2.12. The largest absolute Gasteiger partial charge is 0.493 e. The van der Waals surface area contributed by atoms with Crippen molar-refractivity contribution < 1.29 is 23.8 Å². The average molecular weight is 457 g/mol. The van der Waals surface area contributed by atoms with Gasteiger partial charge >= 0.3 is 0 Å². The molecule has 0 radical (unpaired) electrons. The number of benzene rings is 2. The molecular weight excluding hydrogens is 432 g/mol. The second-order valence-corrected chi connectivity index (χ2v) is 8.01. The third-order valence-corrected chi connectivity index (χ3v) is 5.60. The molecule has 168 valence electrons. The summed E-state index contributed by atoms with van der Waals surface area (Å²) in [6.07, 6.45) is 1.53. The van der Waals surface area contributed by atoms with Gasteiger partial charge in [0.25, 0.3) is 0 Å². The van der Waals surface area contributed by atoms with Crippen LogP contribution in [0.2, 0.25) is 0 Å². The number of hydrogen-bond acceptors (Lipinski definition) is 8. The van der Waals surface area contributed by atoms with Crippen molar-refractivity contribution in [1.82, 2.24) is 5.32 Å². The zero-order chi connectivity index (χ0) is 23.1. The summed E-state index contributed by atoms with van der Waals surface area (Å²) in [5, 5.41) is 13.3. The standard InChI is InChI=1S/C22H24N4O5S/c1-13-5-7-15(8-6-13)24-19(27)11-18-21(28)25-22(32-18)26-23-12-14-9-16(29-2)20(31-4)17(10-14)30-3/h5-10,12,18H,11H2,1-4H3,(H,24,27)(H,25,26,28)/b23-12-/t18-/m1/s1. The van der Waals surface area contributed by atoms with Gasteiger partial charge in [-0.1, -0.05) is 29.5 Å². The summed E-state index contributed by atoms with van der Waals surface area (Å²) in [7, 11) is 4.58. The number of rotatable bonds is 8. The number of aryl methyl sites for hydroxylation is 1. The van der Waals surface area contributed by atoms with Crippen LogP contribution < -0.4 is 24.8 Å². The van der Waals surface area contributed by atoms with Crippen LogP contribution in [0.5, 0.6) is 17.2 Å². The minimum Gasteiger partial charge on any atom is -0.493 e. The number of thioether (sulfide) groups is 1. The van der Waals surface area contributed by atoms with Crippen LogP contribution in [-0.4, -0.2) is 49.8 Å². The maximum Gasteiger partial charge on any atom is 0.240 e. The van der Waals surface area contributed by atoms with E-state index in [9.17, 15) is 9.59 Å². The number of hydrogen-bond donors (Lipinski definition) is 2. The molecule has 0 saturated carbocycles. The van der Waals surface area contributed by atoms with Crippen molar-refractivity contribution >= 4 is 40.6 Å². The predicted octanol–water partition coefficient (Wildman–Crippen LogP) is 2.97. The first-order chi connectivity index (χ1) is 15.4. The maximum atomic E-state index is 12.3. The smallest absolute Gasteiger partial charge is 0.240 e. The zero-order valence-corrected chi connectivity index (χ0v) is 19.0. The summed E-state index contributed by atoms with van der Waals surface area (Å²) in [5.41, 5.74) is 2.46. The molecule has 1 heterocycles. The first kappa shape index (κ1) is 23.1. The lowest BCUT2D eigenvalue weighted by Crippen LogP contribution is -2.28. The predicted molar refractivity (Wildman–Crippen MR) is 125 cm³/mol. The third kappa shape index (κ3) is 5.79. The van der Waals surface area contributed by atoms with Gasteiger partial charge in [-0.25, -0.2) is 0 Å². The van der Waals surface area contributed by atoms with Crippen molar-refractivity contribution in [3.8, 4) is 17.2 Å². The van der Waals surface area contributed by atoms with Crippen molar-refractivity contribution in [2.24, 2.45) is 10.2 Å². The number of methoxy groups -OCH3 is 3. The van der Waals surface area contributed by atoms with Crippen LogP contribution >= 0.6 is 11.8 Å². The minimum absolute atomic E-state index is 0.0278. The van der Waals surface area contributed by atoms with Gasteiger partial charge in [0.1, 0.15) is 5.25 Å². The Kier molecular flexibility index (Phi) is 7.72. The molecular formula is C22H24N4O5S. The van der Waals surface area contributed by atoms with Crippen molar-refractivity contribution in [2.75, 3.05) is 26.6 Å². The van der Waals surface area contributed by atoms with Crippen LogP contribution in [0.25, 0.3) is 0 Å². The SMILES string of the molecule is COc1cc(/C=N\N=C2\NC(=O)[C@@H](CC(=O)Nc3ccc(C)cc3)S2)cc(OC)c1OC. The summed E-state index contributed by atoms with van der Waals surface area (Å²) in [5.74, 6) is 0.927. The lowest BCUT2D eigenvalue weighted by atomic mass is 10.2. The van der Waals surface area contributed by atoms with E-state index in [1.165, 1.54) is 27.5 Å². The number of anilines is 1. The molecule has 0 bridgehead atoms. The van der Waals surface area contributed by atoms with Gasteiger partial charge in [0.15, 0.2) is 16.7 Å². The first-order valence-electron chi connectivity index (χ1n) is 9.68. The highest BCUT2D eigenvalue weighted by Gasteiger charge is 2.32. The lowest BCUT2D eigenvalue weighted by molar-refractivity contribution is -0.122. The van der Waals surface area contributed by atoms with E-state index in [2.05, 4.69) is 20.8 Å². The highest BCUT2D eigenvalue weighted by atomic mass is 32.2. The second-order valence-electron chi connectivity index (χ2n) is 6.82. The van der Waals surface area contributed by atoms with Crippen LogP contribution in [0.1, 0.15) is 17.5 Å². The molecule has 0 aromatic heterocycles. The molecule has 2 aromatic carbocycles. The van der Waals surface area contributed by atoms with Crippen molar-refractivity contribution in [1.29, 1.82) is 0 Å². The zero-order valence-electron chi connectivity index (χ0n) is 18.2. The van der Waals surface area contributed by atoms with Crippen LogP contribution in [0, 0.1) is 6.92 Å². The van der Waals surface area contributed by atoms with Crippen LogP contribution in [0.15, 0.2) is 46.6 Å². The molecule has 0 spiro atoms. The first-order valence-corrected chi connectivity index (χ1v) is 10.6. The van der Waals surface area contributed by atoms with E-state index in [0.717, 1.165) is 17.3 Å². The molecule has 3 rings (SSSR count). The Morgan fingerprint density at radius 1 is 1.12 bits per heavy atom. The molecule has 1 atom stereocenters. The number of amidine groups is 1. The fourth-order valence-corrected chi connectivity index (χ4v) is 3.85. The summed E-state index contributed by atoms with van der Waals surface area (Å²) in [4.78, 5) is 24.5. The van der Waals surface area contributed by atoms with E-state index in [-0.39, 0.29) is 18.2 Å². The van der Waals surface area contributed by atoms with Gasteiger partial charge in [-0.3, -0.25) is 9.59 Å². The van der Waals surface area contributed by atoms with E-state index in [4.69, 9.17) is 14.2 Å². The fraction of sp³-hybridized carbons (Fsp3) is 0.273. The fourth-order valence-electron chi connectivity index (χ4n) is 2.93. The number of ether oxygens (including phenoxy) is 3. The monoisotopic (exact) mass is 456 g/mol. The Morgan fingerprint density at radius 2 is 1.78 bits per heavy atom. The molecule has 10 heteroatoms. The van der Waals surface area contributed by atoms with Crippen LogP contribution in [-0.2, 0) is 9.59 Å².